The Kier molecular flexibility index (Phi) is 9.65. The van der Waals surface area contributed by atoms with Crippen molar-refractivity contribution in [3.63, 3.8) is 0 Å². The Balaban J connectivity index is 1.48. The molecule has 3 aliphatic heterocycles. The highest BCUT2D eigenvalue weighted by atomic mass is 16.5. The number of fused-ring (bicyclic) bond motifs is 1. The number of rotatable bonds is 12. The number of carbonyl (C=O) groups is 1. The normalized spacial score (nSPS) is 30.2. The van der Waals surface area contributed by atoms with E-state index in [0.29, 0.717) is 31.0 Å². The third kappa shape index (κ3) is 6.73. The highest BCUT2D eigenvalue weighted by Crippen LogP contribution is 2.39. The van der Waals surface area contributed by atoms with Crippen molar-refractivity contribution in [3.05, 3.63) is 35.6 Å². The molecule has 0 radical (unpaired) electrons. The van der Waals surface area contributed by atoms with Crippen molar-refractivity contribution in [2.75, 3.05) is 45.9 Å². The van der Waals surface area contributed by atoms with Crippen LogP contribution in [-0.4, -0.2) is 95.6 Å². The van der Waals surface area contributed by atoms with Crippen LogP contribution in [0.5, 0.6) is 0 Å². The number of ether oxygens (including phenoxy) is 1. The van der Waals surface area contributed by atoms with Crippen LogP contribution < -0.4 is 0 Å². The fraction of sp³-hybridized carbons (Fsp3) is 0.733. The molecular weight excluding hydrogens is 464 g/mol. The lowest BCUT2D eigenvalue weighted by atomic mass is 9.82. The van der Waals surface area contributed by atoms with Crippen molar-refractivity contribution in [1.82, 2.24) is 14.7 Å². The largest absolute Gasteiger partial charge is 0.493 e. The highest BCUT2D eigenvalue weighted by Gasteiger charge is 2.40. The topological polar surface area (TPSA) is 68.6 Å². The summed E-state index contributed by atoms with van der Waals surface area (Å²) < 4.78 is 5.78. The molecule has 2 saturated heterocycles. The van der Waals surface area contributed by atoms with E-state index in [1.165, 1.54) is 5.57 Å². The molecule has 0 bridgehead atoms. The van der Waals surface area contributed by atoms with Crippen LogP contribution in [-0.2, 0) is 9.53 Å². The van der Waals surface area contributed by atoms with Gasteiger partial charge in [-0.15, -0.1) is 0 Å². The lowest BCUT2D eigenvalue weighted by Gasteiger charge is -2.40. The molecule has 37 heavy (non-hydrogen) atoms. The van der Waals surface area contributed by atoms with Gasteiger partial charge in [-0.25, -0.2) is 0 Å². The average Bonchev–Trinajstić information content (AvgIpc) is 3.51. The first-order chi connectivity index (χ1) is 17.8. The minimum atomic E-state index is -0.450. The predicted molar refractivity (Wildman–Crippen MR) is 149 cm³/mol. The number of aliphatic hydroxyl groups excluding tert-OH is 1. The quantitative estimate of drug-likeness (QED) is 0.400. The van der Waals surface area contributed by atoms with Crippen molar-refractivity contribution in [2.45, 2.75) is 84.0 Å². The van der Waals surface area contributed by atoms with E-state index in [1.807, 2.05) is 19.2 Å². The molecule has 1 amide bonds. The highest BCUT2D eigenvalue weighted by molar-refractivity contribution is 5.80. The summed E-state index contributed by atoms with van der Waals surface area (Å²) in [4.78, 5) is 25.0. The maximum Gasteiger partial charge on any atom is 0.237 e. The summed E-state index contributed by atoms with van der Waals surface area (Å²) >= 11 is 0. The second-order valence-electron chi connectivity index (χ2n) is 11.5. The van der Waals surface area contributed by atoms with Gasteiger partial charge in [0.1, 0.15) is 12.0 Å². The molecule has 0 aromatic rings. The molecule has 0 aromatic heterocycles. The molecule has 206 valence electrons. The first kappa shape index (κ1) is 28.1. The van der Waals surface area contributed by atoms with Gasteiger partial charge in [0.25, 0.3) is 0 Å². The summed E-state index contributed by atoms with van der Waals surface area (Å²) in [7, 11) is 0. The lowest BCUT2D eigenvalue weighted by Crippen LogP contribution is -2.55. The molecule has 5 atom stereocenters. The van der Waals surface area contributed by atoms with Gasteiger partial charge in [-0.05, 0) is 75.6 Å². The fourth-order valence-electron chi connectivity index (χ4n) is 6.51. The number of carbonyl (C=O) groups excluding carboxylic acids is 1. The zero-order chi connectivity index (χ0) is 26.4. The van der Waals surface area contributed by atoms with Gasteiger partial charge in [-0.2, -0.15) is 0 Å². The number of likely N-dealkylation sites (tertiary alicyclic amines) is 1. The predicted octanol–water partition coefficient (Wildman–Crippen LogP) is 4.01. The second-order valence-corrected chi connectivity index (χ2v) is 11.5. The monoisotopic (exact) mass is 512 g/mol. The summed E-state index contributed by atoms with van der Waals surface area (Å²) in [5.41, 5.74) is 1.01. The van der Waals surface area contributed by atoms with Crippen LogP contribution in [0.2, 0.25) is 0 Å². The second kappa shape index (κ2) is 12.7. The lowest BCUT2D eigenvalue weighted by molar-refractivity contribution is -0.137. The van der Waals surface area contributed by atoms with Crippen molar-refractivity contribution in [1.29, 1.82) is 0 Å². The molecule has 7 heteroatoms. The third-order valence-corrected chi connectivity index (χ3v) is 8.84. The number of dihydropyridines is 1. The number of allylic oxidation sites excluding steroid dienone is 4. The summed E-state index contributed by atoms with van der Waals surface area (Å²) in [6.07, 6.45) is 16.4. The molecule has 0 spiro atoms. The van der Waals surface area contributed by atoms with E-state index < -0.39 is 6.23 Å². The van der Waals surface area contributed by atoms with E-state index in [9.17, 15) is 9.90 Å². The smallest absolute Gasteiger partial charge is 0.237 e. The van der Waals surface area contributed by atoms with Gasteiger partial charge in [0.05, 0.1) is 25.2 Å². The average molecular weight is 513 g/mol. The molecule has 7 nitrogen and oxygen atoms in total. The van der Waals surface area contributed by atoms with Crippen LogP contribution in [0.1, 0.15) is 66.2 Å². The Morgan fingerprint density at radius 1 is 1.35 bits per heavy atom. The summed E-state index contributed by atoms with van der Waals surface area (Å²) in [5.74, 6) is 2.34. The van der Waals surface area contributed by atoms with Gasteiger partial charge in [0, 0.05) is 38.3 Å². The van der Waals surface area contributed by atoms with E-state index in [0.717, 1.165) is 77.1 Å². The number of amides is 1. The van der Waals surface area contributed by atoms with Gasteiger partial charge in [0.15, 0.2) is 0 Å². The molecule has 1 aliphatic carbocycles. The van der Waals surface area contributed by atoms with Crippen LogP contribution >= 0.6 is 0 Å². The third-order valence-electron chi connectivity index (χ3n) is 8.84. The first-order valence-corrected chi connectivity index (χ1v) is 14.5. The Morgan fingerprint density at radius 3 is 2.89 bits per heavy atom. The van der Waals surface area contributed by atoms with Gasteiger partial charge in [0.2, 0.25) is 5.91 Å². The molecule has 0 aromatic carbocycles. The van der Waals surface area contributed by atoms with Crippen LogP contribution in [0.4, 0.5) is 0 Å². The van der Waals surface area contributed by atoms with Crippen molar-refractivity contribution in [2.24, 2.45) is 16.8 Å². The standard InChI is InChI=1S/C30H48N4O3/c1-5-7-15-34(30(4)13-8-14-31-22-30)29(36)21-33-20-26(19-27(33)11-16-32(6-2)23(3)35)24-9-10-28-25(18-24)12-17-37-28/h8,10,13-14,18,23-24,26-27,35H,5-7,9,11-12,15-17,19-22H2,1-4H3/t23?,24?,26-,27+,30?/m1/s1. The van der Waals surface area contributed by atoms with Crippen LogP contribution in [0, 0.1) is 11.8 Å². The van der Waals surface area contributed by atoms with Gasteiger partial charge < -0.3 is 14.7 Å². The minimum Gasteiger partial charge on any atom is -0.493 e. The van der Waals surface area contributed by atoms with Crippen LogP contribution in [0.25, 0.3) is 0 Å². The molecule has 4 aliphatic rings. The molecule has 2 fully saturated rings. The molecule has 1 N–H and O–H groups in total. The molecule has 3 unspecified atom stereocenters. The number of aliphatic imine (C=N–C) groups is 1. The minimum absolute atomic E-state index is 0.208. The first-order valence-electron chi connectivity index (χ1n) is 14.5. The van der Waals surface area contributed by atoms with Crippen molar-refractivity contribution in [3.8, 4) is 0 Å². The van der Waals surface area contributed by atoms with Crippen molar-refractivity contribution < 1.29 is 14.6 Å². The Morgan fingerprint density at radius 2 is 2.19 bits per heavy atom. The van der Waals surface area contributed by atoms with Gasteiger partial charge in [-0.1, -0.05) is 32.4 Å². The SMILES string of the molecule is CCCCN(C(=O)CN1C[C@H](C2C=C3CCOC3=CC2)C[C@@H]1CCN(CC)C(C)O)C1(C)C=CC=NC1. The van der Waals surface area contributed by atoms with Crippen molar-refractivity contribution >= 4 is 12.1 Å². The fourth-order valence-corrected chi connectivity index (χ4v) is 6.51. The number of unbranched alkanes of at least 4 members (excludes halogenated alkanes) is 1. The van der Waals surface area contributed by atoms with Gasteiger partial charge >= 0.3 is 0 Å². The number of nitrogens with zero attached hydrogens (tertiary/aromatic N) is 4. The Bertz CT molecular complexity index is 911. The van der Waals surface area contributed by atoms with E-state index in [4.69, 9.17) is 4.74 Å². The zero-order valence-corrected chi connectivity index (χ0v) is 23.4. The summed E-state index contributed by atoms with van der Waals surface area (Å²) in [6, 6.07) is 0.339. The van der Waals surface area contributed by atoms with Crippen LogP contribution in [0.3, 0.4) is 0 Å². The van der Waals surface area contributed by atoms with E-state index in [1.54, 1.807) is 0 Å². The van der Waals surface area contributed by atoms with Crippen LogP contribution in [0.15, 0.2) is 40.6 Å². The summed E-state index contributed by atoms with van der Waals surface area (Å²) in [6.45, 7) is 13.5. The Labute approximate surface area is 223 Å². The van der Waals surface area contributed by atoms with E-state index in [-0.39, 0.29) is 11.4 Å². The number of hydrogen-bond acceptors (Lipinski definition) is 6. The zero-order valence-electron chi connectivity index (χ0n) is 23.4. The molecule has 3 heterocycles. The number of aliphatic hydroxyl groups is 1. The van der Waals surface area contributed by atoms with E-state index >= 15 is 0 Å². The molecule has 4 rings (SSSR count). The maximum atomic E-state index is 13.9. The van der Waals surface area contributed by atoms with E-state index in [2.05, 4.69) is 58.7 Å². The molecule has 0 saturated carbocycles. The maximum absolute atomic E-state index is 13.9. The number of hydrogen-bond donors (Lipinski definition) is 1. The molecular formula is C30H48N4O3. The van der Waals surface area contributed by atoms with Gasteiger partial charge in [-0.3, -0.25) is 19.6 Å². The Hall–Kier alpha value is -1.96. The summed E-state index contributed by atoms with van der Waals surface area (Å²) in [5, 5.41) is 10.2.